The predicted molar refractivity (Wildman–Crippen MR) is 136 cm³/mol. The smallest absolute Gasteiger partial charge is 0.374 e. The molecular weight excluding hydrogens is 583 g/mol. The molecule has 0 fully saturated rings. The minimum atomic E-state index is -4.89. The minimum absolute atomic E-state index is 0.0188. The summed E-state index contributed by atoms with van der Waals surface area (Å²) in [6.45, 7) is 1.49. The Morgan fingerprint density at radius 2 is 1.65 bits per heavy atom. The van der Waals surface area contributed by atoms with Gasteiger partial charge in [0.15, 0.2) is 0 Å². The highest BCUT2D eigenvalue weighted by Gasteiger charge is 2.62. The number of carbonyl (C=O) groups excluding carboxylic acids is 2. The highest BCUT2D eigenvalue weighted by atomic mass is 35.5. The predicted octanol–water partition coefficient (Wildman–Crippen LogP) is 6.01. The van der Waals surface area contributed by atoms with Crippen molar-refractivity contribution < 1.29 is 36.9 Å². The van der Waals surface area contributed by atoms with Crippen LogP contribution in [0, 0.1) is 22.9 Å². The zero-order chi connectivity index (χ0) is 29.4. The van der Waals surface area contributed by atoms with E-state index in [-0.39, 0.29) is 32.4 Å². The van der Waals surface area contributed by atoms with Crippen LogP contribution in [-0.4, -0.2) is 28.6 Å². The van der Waals surface area contributed by atoms with Crippen molar-refractivity contribution in [2.24, 2.45) is 5.16 Å². The Morgan fingerprint density at radius 1 is 1.02 bits per heavy atom. The maximum atomic E-state index is 14.2. The van der Waals surface area contributed by atoms with Crippen LogP contribution in [0.15, 0.2) is 59.8 Å². The fraction of sp³-hybridized carbons (Fsp3) is 0.160. The molecule has 0 aromatic heterocycles. The van der Waals surface area contributed by atoms with E-state index in [2.05, 4.69) is 10.6 Å². The number of alkyl halides is 3. The molecule has 0 aliphatic carbocycles. The van der Waals surface area contributed by atoms with E-state index in [0.717, 1.165) is 30.3 Å². The Kier molecular flexibility index (Phi) is 7.72. The van der Waals surface area contributed by atoms with Crippen LogP contribution < -0.4 is 10.9 Å². The minimum Gasteiger partial charge on any atom is -0.374 e. The van der Waals surface area contributed by atoms with Gasteiger partial charge in [-0.1, -0.05) is 40.5 Å². The highest BCUT2D eigenvalue weighted by Crippen LogP contribution is 2.49. The number of nitrogens with zero attached hydrogens (tertiary/aromatic N) is 2. The molecule has 0 radical (unpaired) electrons. The van der Waals surface area contributed by atoms with E-state index in [1.165, 1.54) is 31.2 Å². The van der Waals surface area contributed by atoms with E-state index in [1.54, 1.807) is 0 Å². The van der Waals surface area contributed by atoms with Gasteiger partial charge in [0.2, 0.25) is 5.82 Å². The van der Waals surface area contributed by atoms with Crippen molar-refractivity contribution in [3.05, 3.63) is 108 Å². The van der Waals surface area contributed by atoms with Crippen LogP contribution >= 0.6 is 23.2 Å². The van der Waals surface area contributed by atoms with Crippen molar-refractivity contribution >= 4 is 46.4 Å². The summed E-state index contributed by atoms with van der Waals surface area (Å²) in [5.41, 5.74) is -0.245. The standard InChI is InChI=1S/C25H16Cl2F4N4O5/c1-12-7-13(19-11-24(40-34-19,25(29,30)31)14-8-15(26)10-16(27)9-14)5-6-17(12)22(36)32-33-23(37)18-3-2-4-20(21(18)28)35(38)39/h2-10H,11H2,1H3,(H,32,36)(H,33,37). The third kappa shape index (κ3) is 5.42. The Labute approximate surface area is 232 Å². The van der Waals surface area contributed by atoms with E-state index in [4.69, 9.17) is 28.0 Å². The summed E-state index contributed by atoms with van der Waals surface area (Å²) in [4.78, 5) is 39.7. The molecule has 1 atom stereocenters. The third-order valence-corrected chi connectivity index (χ3v) is 6.46. The van der Waals surface area contributed by atoms with Gasteiger partial charge in [-0.15, -0.1) is 0 Å². The number of halogens is 6. The number of nitro groups is 1. The zero-order valence-electron chi connectivity index (χ0n) is 20.1. The number of oxime groups is 1. The summed E-state index contributed by atoms with van der Waals surface area (Å²) >= 11 is 11.8. The van der Waals surface area contributed by atoms with Gasteiger partial charge >= 0.3 is 11.9 Å². The second kappa shape index (κ2) is 10.7. The average molecular weight is 599 g/mol. The Morgan fingerprint density at radius 3 is 2.23 bits per heavy atom. The van der Waals surface area contributed by atoms with Crippen molar-refractivity contribution in [3.8, 4) is 0 Å². The lowest BCUT2D eigenvalue weighted by Gasteiger charge is -2.29. The summed E-state index contributed by atoms with van der Waals surface area (Å²) in [7, 11) is 0. The molecule has 3 aromatic carbocycles. The Hall–Kier alpha value is -4.23. The number of amides is 2. The van der Waals surface area contributed by atoms with Crippen molar-refractivity contribution in [1.82, 2.24) is 10.9 Å². The number of benzene rings is 3. The van der Waals surface area contributed by atoms with Gasteiger partial charge in [-0.2, -0.15) is 17.6 Å². The van der Waals surface area contributed by atoms with Crippen LogP contribution in [0.2, 0.25) is 10.0 Å². The van der Waals surface area contributed by atoms with Gasteiger partial charge in [0.1, 0.15) is 0 Å². The van der Waals surface area contributed by atoms with Crippen LogP contribution in [0.3, 0.4) is 0 Å². The number of carbonyl (C=O) groups is 2. The summed E-state index contributed by atoms with van der Waals surface area (Å²) < 4.78 is 56.9. The van der Waals surface area contributed by atoms with Crippen molar-refractivity contribution in [2.75, 3.05) is 0 Å². The first-order valence-electron chi connectivity index (χ1n) is 11.2. The lowest BCUT2D eigenvalue weighted by atomic mass is 9.86. The summed E-state index contributed by atoms with van der Waals surface area (Å²) in [6, 6.07) is 10.4. The molecule has 40 heavy (non-hydrogen) atoms. The Balaban J connectivity index is 1.51. The molecule has 0 saturated heterocycles. The molecule has 208 valence electrons. The monoisotopic (exact) mass is 598 g/mol. The molecule has 1 aliphatic heterocycles. The van der Waals surface area contributed by atoms with Gasteiger partial charge in [0, 0.05) is 33.7 Å². The quantitative estimate of drug-likeness (QED) is 0.212. The number of nitrogens with one attached hydrogen (secondary N) is 2. The molecule has 1 heterocycles. The van der Waals surface area contributed by atoms with E-state index in [1.807, 2.05) is 5.43 Å². The summed E-state index contributed by atoms with van der Waals surface area (Å²) in [5, 5.41) is 14.5. The first kappa shape index (κ1) is 28.8. The van der Waals surface area contributed by atoms with Crippen molar-refractivity contribution in [1.29, 1.82) is 0 Å². The van der Waals surface area contributed by atoms with Crippen molar-refractivity contribution in [2.45, 2.75) is 25.1 Å². The SMILES string of the molecule is Cc1cc(C2=NOC(c3cc(Cl)cc(Cl)c3)(C(F)(F)F)C2)ccc1C(=O)NNC(=O)c1cccc([N+](=O)[O-])c1F. The summed E-state index contributed by atoms with van der Waals surface area (Å²) in [5.74, 6) is -3.37. The summed E-state index contributed by atoms with van der Waals surface area (Å²) in [6.07, 6.45) is -5.60. The molecule has 0 bridgehead atoms. The lowest BCUT2D eigenvalue weighted by molar-refractivity contribution is -0.387. The lowest BCUT2D eigenvalue weighted by Crippen LogP contribution is -2.42. The Bertz CT molecular complexity index is 1560. The molecule has 3 aromatic rings. The van der Waals surface area contributed by atoms with Gasteiger partial charge in [-0.05, 0) is 54.4 Å². The molecule has 1 aliphatic rings. The molecular formula is C25H16Cl2F4N4O5. The van der Waals surface area contributed by atoms with E-state index < -0.39 is 52.0 Å². The van der Waals surface area contributed by atoms with E-state index >= 15 is 0 Å². The fourth-order valence-corrected chi connectivity index (χ4v) is 4.55. The number of hydrazine groups is 1. The number of nitro benzene ring substituents is 1. The number of hydrogen-bond acceptors (Lipinski definition) is 6. The van der Waals surface area contributed by atoms with Gasteiger partial charge < -0.3 is 4.84 Å². The second-order valence-corrected chi connectivity index (χ2v) is 9.50. The van der Waals surface area contributed by atoms with Crippen LogP contribution in [0.4, 0.5) is 23.2 Å². The molecule has 0 spiro atoms. The first-order valence-corrected chi connectivity index (χ1v) is 11.9. The maximum Gasteiger partial charge on any atom is 0.435 e. The average Bonchev–Trinajstić information content (AvgIpc) is 3.34. The number of hydrogen-bond donors (Lipinski definition) is 2. The molecule has 2 amide bonds. The molecule has 2 N–H and O–H groups in total. The van der Waals surface area contributed by atoms with Crippen LogP contribution in [0.25, 0.3) is 0 Å². The third-order valence-electron chi connectivity index (χ3n) is 6.03. The van der Waals surface area contributed by atoms with Crippen LogP contribution in [-0.2, 0) is 10.4 Å². The first-order chi connectivity index (χ1) is 18.7. The second-order valence-electron chi connectivity index (χ2n) is 8.62. The largest absolute Gasteiger partial charge is 0.435 e. The van der Waals surface area contributed by atoms with Gasteiger partial charge in [0.25, 0.3) is 17.4 Å². The highest BCUT2D eigenvalue weighted by molar-refractivity contribution is 6.34. The van der Waals surface area contributed by atoms with Gasteiger partial charge in [0.05, 0.1) is 16.2 Å². The normalized spacial score (nSPS) is 16.6. The number of aryl methyl sites for hydroxylation is 1. The van der Waals surface area contributed by atoms with Gasteiger partial charge in [-0.25, -0.2) is 0 Å². The van der Waals surface area contributed by atoms with Crippen LogP contribution in [0.5, 0.6) is 0 Å². The van der Waals surface area contributed by atoms with E-state index in [0.29, 0.717) is 5.56 Å². The fourth-order valence-electron chi connectivity index (χ4n) is 4.03. The molecule has 4 rings (SSSR count). The number of rotatable bonds is 5. The molecule has 9 nitrogen and oxygen atoms in total. The molecule has 1 unspecified atom stereocenters. The zero-order valence-corrected chi connectivity index (χ0v) is 21.6. The molecule has 15 heteroatoms. The maximum absolute atomic E-state index is 14.2. The van der Waals surface area contributed by atoms with E-state index in [9.17, 15) is 37.3 Å². The van der Waals surface area contributed by atoms with Gasteiger partial charge in [-0.3, -0.25) is 30.6 Å². The molecule has 0 saturated carbocycles. The van der Waals surface area contributed by atoms with Crippen LogP contribution in [0.1, 0.15) is 43.8 Å². The topological polar surface area (TPSA) is 123 Å². The van der Waals surface area contributed by atoms with Crippen molar-refractivity contribution in [3.63, 3.8) is 0 Å².